The van der Waals surface area contributed by atoms with Crippen molar-refractivity contribution in [2.45, 2.75) is 64.9 Å². The minimum Gasteiger partial charge on any atom is -0.394 e. The molecule has 3 rings (SSSR count). The Labute approximate surface area is 136 Å². The molecule has 1 aromatic heterocycles. The van der Waals surface area contributed by atoms with Crippen LogP contribution in [-0.2, 0) is 9.47 Å². The number of aliphatic hydroxyl groups is 1. The summed E-state index contributed by atoms with van der Waals surface area (Å²) in [7, 11) is 0. The van der Waals surface area contributed by atoms with Gasteiger partial charge in [0.15, 0.2) is 6.23 Å². The van der Waals surface area contributed by atoms with E-state index < -0.39 is 23.1 Å². The van der Waals surface area contributed by atoms with Crippen LogP contribution in [0.25, 0.3) is 0 Å². The van der Waals surface area contributed by atoms with Crippen LogP contribution in [-0.4, -0.2) is 39.6 Å². The Morgan fingerprint density at radius 2 is 2.04 bits per heavy atom. The summed E-state index contributed by atoms with van der Waals surface area (Å²) in [6.07, 6.45) is 2.70. The molecule has 3 atom stereocenters. The van der Waals surface area contributed by atoms with Crippen LogP contribution in [0.5, 0.6) is 0 Å². The molecule has 1 aromatic rings. The van der Waals surface area contributed by atoms with E-state index in [9.17, 15) is 14.7 Å². The molecule has 0 aliphatic carbocycles. The predicted molar refractivity (Wildman–Crippen MR) is 87.5 cm³/mol. The molecule has 2 aliphatic heterocycles. The molecule has 2 unspecified atom stereocenters. The van der Waals surface area contributed by atoms with E-state index in [0.29, 0.717) is 13.0 Å². The number of hydrogen-bond acceptors (Lipinski definition) is 5. The van der Waals surface area contributed by atoms with Crippen LogP contribution in [0.4, 0.5) is 0 Å². The first-order valence-corrected chi connectivity index (χ1v) is 8.36. The summed E-state index contributed by atoms with van der Waals surface area (Å²) in [6, 6.07) is 1.28. The molecule has 0 radical (unpaired) electrons. The first kappa shape index (κ1) is 19.6. The van der Waals surface area contributed by atoms with Crippen LogP contribution in [0, 0.1) is 0 Å². The first-order valence-electron chi connectivity index (χ1n) is 8.36. The van der Waals surface area contributed by atoms with Crippen molar-refractivity contribution in [2.75, 3.05) is 13.2 Å². The van der Waals surface area contributed by atoms with Gasteiger partial charge in [-0.3, -0.25) is 14.3 Å². The summed E-state index contributed by atoms with van der Waals surface area (Å²) >= 11 is 0. The van der Waals surface area contributed by atoms with E-state index >= 15 is 0 Å². The number of ether oxygens (including phenoxy) is 2. The Bertz CT molecular complexity index is 574. The van der Waals surface area contributed by atoms with E-state index in [1.165, 1.54) is 16.8 Å². The number of H-pyrrole nitrogens is 1. The molecule has 23 heavy (non-hydrogen) atoms. The van der Waals surface area contributed by atoms with Crippen molar-refractivity contribution >= 4 is 0 Å². The van der Waals surface area contributed by atoms with Crippen molar-refractivity contribution in [3.05, 3.63) is 33.1 Å². The number of nitrogens with one attached hydrogen (secondary N) is 1. The number of hydrogen-bond donors (Lipinski definition) is 2. The Kier molecular flexibility index (Phi) is 7.67. The highest BCUT2D eigenvalue weighted by Gasteiger charge is 2.52. The SMILES string of the molecule is CC.CC.O=c1ccn(C2OC(CO)C[C@@]23CCCO3)c(=O)[nH]1. The summed E-state index contributed by atoms with van der Waals surface area (Å²) in [5, 5.41) is 9.26. The molecule has 0 saturated carbocycles. The van der Waals surface area contributed by atoms with Gasteiger partial charge in [-0.05, 0) is 12.8 Å². The quantitative estimate of drug-likeness (QED) is 0.856. The third-order valence-corrected chi connectivity index (χ3v) is 3.79. The highest BCUT2D eigenvalue weighted by Crippen LogP contribution is 2.46. The fraction of sp³-hybridized carbons (Fsp3) is 0.750. The maximum atomic E-state index is 11.9. The molecule has 1 spiro atoms. The number of nitrogens with zero attached hydrogens (tertiary/aromatic N) is 1. The monoisotopic (exact) mass is 328 g/mol. The number of aromatic nitrogens is 2. The van der Waals surface area contributed by atoms with Crippen LogP contribution in [0.1, 0.15) is 53.2 Å². The zero-order valence-corrected chi connectivity index (χ0v) is 14.4. The summed E-state index contributed by atoms with van der Waals surface area (Å²) in [5.74, 6) is 0. The lowest BCUT2D eigenvalue weighted by Gasteiger charge is -2.29. The molecular weight excluding hydrogens is 300 g/mol. The summed E-state index contributed by atoms with van der Waals surface area (Å²) in [6.45, 7) is 8.51. The molecule has 2 fully saturated rings. The predicted octanol–water partition coefficient (Wildman–Crippen LogP) is 1.42. The van der Waals surface area contributed by atoms with E-state index in [1.807, 2.05) is 27.7 Å². The van der Waals surface area contributed by atoms with Gasteiger partial charge in [0, 0.05) is 25.3 Å². The van der Waals surface area contributed by atoms with Crippen LogP contribution < -0.4 is 11.2 Å². The lowest BCUT2D eigenvalue weighted by Crippen LogP contribution is -2.41. The summed E-state index contributed by atoms with van der Waals surface area (Å²) in [4.78, 5) is 25.2. The Hall–Kier alpha value is -1.44. The third kappa shape index (κ3) is 4.10. The Morgan fingerprint density at radius 3 is 2.57 bits per heavy atom. The molecule has 0 aromatic carbocycles. The van der Waals surface area contributed by atoms with Crippen LogP contribution in [0.2, 0.25) is 0 Å². The second-order valence-electron chi connectivity index (χ2n) is 5.03. The minimum atomic E-state index is -0.600. The number of rotatable bonds is 2. The molecule has 7 nitrogen and oxygen atoms in total. The molecule has 7 heteroatoms. The van der Waals surface area contributed by atoms with Gasteiger partial charge < -0.3 is 14.6 Å². The minimum absolute atomic E-state index is 0.111. The van der Waals surface area contributed by atoms with Gasteiger partial charge in [-0.1, -0.05) is 27.7 Å². The van der Waals surface area contributed by atoms with Crippen molar-refractivity contribution in [1.82, 2.24) is 9.55 Å². The van der Waals surface area contributed by atoms with E-state index in [1.54, 1.807) is 0 Å². The van der Waals surface area contributed by atoms with Crippen LogP contribution in [0.3, 0.4) is 0 Å². The molecule has 132 valence electrons. The molecule has 2 N–H and O–H groups in total. The van der Waals surface area contributed by atoms with E-state index in [-0.39, 0.29) is 12.7 Å². The maximum Gasteiger partial charge on any atom is 0.330 e. The highest BCUT2D eigenvalue weighted by atomic mass is 16.6. The van der Waals surface area contributed by atoms with Crippen molar-refractivity contribution in [1.29, 1.82) is 0 Å². The van der Waals surface area contributed by atoms with E-state index in [0.717, 1.165) is 12.8 Å². The zero-order valence-electron chi connectivity index (χ0n) is 14.4. The van der Waals surface area contributed by atoms with E-state index in [2.05, 4.69) is 4.98 Å². The Morgan fingerprint density at radius 1 is 1.35 bits per heavy atom. The van der Waals surface area contributed by atoms with Gasteiger partial charge in [-0.25, -0.2) is 4.79 Å². The zero-order chi connectivity index (χ0) is 17.5. The fourth-order valence-corrected chi connectivity index (χ4v) is 2.95. The maximum absolute atomic E-state index is 11.9. The van der Waals surface area contributed by atoms with Crippen molar-refractivity contribution in [3.63, 3.8) is 0 Å². The van der Waals surface area contributed by atoms with Gasteiger partial charge in [0.25, 0.3) is 5.56 Å². The summed E-state index contributed by atoms with van der Waals surface area (Å²) in [5.41, 5.74) is -1.54. The average molecular weight is 328 g/mol. The van der Waals surface area contributed by atoms with Crippen molar-refractivity contribution in [2.24, 2.45) is 0 Å². The molecular formula is C16H28N2O5. The standard InChI is InChI=1S/C12H16N2O5.2C2H6/c15-7-8-6-12(3-1-5-18-12)10(19-8)14-4-2-9(16)13-11(14)17;2*1-2/h2,4,8,10,15H,1,3,5-7H2,(H,13,16,17);2*1-2H3/t8?,10?,12-;;/m0../s1. The lowest BCUT2D eigenvalue weighted by molar-refractivity contribution is -0.107. The van der Waals surface area contributed by atoms with Gasteiger partial charge >= 0.3 is 5.69 Å². The van der Waals surface area contributed by atoms with Gasteiger partial charge in [0.1, 0.15) is 5.60 Å². The number of aliphatic hydroxyl groups excluding tert-OH is 1. The lowest BCUT2D eigenvalue weighted by atomic mass is 9.94. The molecule has 2 saturated heterocycles. The van der Waals surface area contributed by atoms with Gasteiger partial charge in [-0.15, -0.1) is 0 Å². The van der Waals surface area contributed by atoms with Gasteiger partial charge in [0.05, 0.1) is 12.7 Å². The topological polar surface area (TPSA) is 93.5 Å². The van der Waals surface area contributed by atoms with E-state index in [4.69, 9.17) is 9.47 Å². The molecule has 3 heterocycles. The highest BCUT2D eigenvalue weighted by molar-refractivity contribution is 5.00. The van der Waals surface area contributed by atoms with Crippen molar-refractivity contribution in [3.8, 4) is 0 Å². The third-order valence-electron chi connectivity index (χ3n) is 3.79. The first-order chi connectivity index (χ1) is 11.1. The summed E-state index contributed by atoms with van der Waals surface area (Å²) < 4.78 is 12.9. The second kappa shape index (κ2) is 9.00. The van der Waals surface area contributed by atoms with Crippen molar-refractivity contribution < 1.29 is 14.6 Å². The largest absolute Gasteiger partial charge is 0.394 e. The number of aromatic amines is 1. The fourth-order valence-electron chi connectivity index (χ4n) is 2.95. The van der Waals surface area contributed by atoms with Gasteiger partial charge in [0.2, 0.25) is 0 Å². The smallest absolute Gasteiger partial charge is 0.330 e. The van der Waals surface area contributed by atoms with Crippen LogP contribution in [0.15, 0.2) is 21.9 Å². The molecule has 0 bridgehead atoms. The Balaban J connectivity index is 0.000000615. The second-order valence-corrected chi connectivity index (χ2v) is 5.03. The molecule has 2 aliphatic rings. The van der Waals surface area contributed by atoms with Crippen LogP contribution >= 0.6 is 0 Å². The van der Waals surface area contributed by atoms with Gasteiger partial charge in [-0.2, -0.15) is 0 Å². The normalized spacial score (nSPS) is 28.7. The average Bonchev–Trinajstić information content (AvgIpc) is 3.19. The molecule has 0 amide bonds.